The molecule has 18 heavy (non-hydrogen) atoms. The van der Waals surface area contributed by atoms with Crippen molar-refractivity contribution >= 4 is 23.6 Å². The first-order valence-corrected chi connectivity index (χ1v) is 6.45. The van der Waals surface area contributed by atoms with Crippen LogP contribution in [0.3, 0.4) is 0 Å². The minimum atomic E-state index is -0.957. The molecule has 0 spiro atoms. The Morgan fingerprint density at radius 1 is 1.50 bits per heavy atom. The van der Waals surface area contributed by atoms with Gasteiger partial charge < -0.3 is 14.4 Å². The van der Waals surface area contributed by atoms with E-state index in [1.54, 1.807) is 39.3 Å². The van der Waals surface area contributed by atoms with Crippen LogP contribution in [0.25, 0.3) is 0 Å². The Bertz CT molecular complexity index is 414. The number of thioether (sulfide) groups is 1. The molecule has 0 aliphatic carbocycles. The van der Waals surface area contributed by atoms with Crippen LogP contribution in [-0.4, -0.2) is 39.4 Å². The molecule has 0 bridgehead atoms. The summed E-state index contributed by atoms with van der Waals surface area (Å²) < 4.78 is 4.19. The third-order valence-corrected chi connectivity index (χ3v) is 3.76. The lowest BCUT2D eigenvalue weighted by Gasteiger charge is -2.20. The van der Waals surface area contributed by atoms with Crippen molar-refractivity contribution in [3.8, 4) is 0 Å². The summed E-state index contributed by atoms with van der Waals surface area (Å²) in [6, 6.07) is 3.55. The summed E-state index contributed by atoms with van der Waals surface area (Å²) in [6.45, 7) is 3.56. The topological polar surface area (TPSA) is 70.8 Å². The monoisotopic (exact) mass is 271 g/mol. The van der Waals surface area contributed by atoms with Gasteiger partial charge >= 0.3 is 5.97 Å². The number of nitrogens with zero attached hydrogens (tertiary/aromatic N) is 1. The molecular weight excluding hydrogens is 254 g/mol. The van der Waals surface area contributed by atoms with Crippen molar-refractivity contribution in [3.05, 3.63) is 24.2 Å². The first-order chi connectivity index (χ1) is 8.33. The lowest BCUT2D eigenvalue weighted by Crippen LogP contribution is -2.33. The van der Waals surface area contributed by atoms with Gasteiger partial charge in [0, 0.05) is 7.05 Å². The van der Waals surface area contributed by atoms with Crippen LogP contribution in [0.15, 0.2) is 22.8 Å². The van der Waals surface area contributed by atoms with Gasteiger partial charge in [-0.3, -0.25) is 9.59 Å². The number of amides is 1. The summed E-state index contributed by atoms with van der Waals surface area (Å²) in [7, 11) is 1.67. The summed E-state index contributed by atoms with van der Waals surface area (Å²) in [5.41, 5.74) is 0. The van der Waals surface area contributed by atoms with Crippen molar-refractivity contribution in [2.45, 2.75) is 25.1 Å². The Morgan fingerprint density at radius 2 is 2.17 bits per heavy atom. The number of carbonyl (C=O) groups excluding carboxylic acids is 1. The average molecular weight is 271 g/mol. The van der Waals surface area contributed by atoms with Crippen molar-refractivity contribution in [2.24, 2.45) is 0 Å². The zero-order valence-electron chi connectivity index (χ0n) is 10.7. The predicted octanol–water partition coefficient (Wildman–Crippen LogP) is 1.83. The third kappa shape index (κ3) is 4.10. The molecule has 1 rings (SSSR count). The fourth-order valence-corrected chi connectivity index (χ4v) is 1.97. The molecule has 6 heteroatoms. The highest BCUT2D eigenvalue weighted by atomic mass is 32.2. The molecule has 0 saturated heterocycles. The van der Waals surface area contributed by atoms with Gasteiger partial charge in [0.2, 0.25) is 5.91 Å². The Kier molecular flexibility index (Phi) is 4.84. The second kappa shape index (κ2) is 5.95. The second-order valence-electron chi connectivity index (χ2n) is 4.43. The highest BCUT2D eigenvalue weighted by molar-refractivity contribution is 8.01. The number of furan rings is 1. The van der Waals surface area contributed by atoms with Crippen LogP contribution in [0.5, 0.6) is 0 Å². The van der Waals surface area contributed by atoms with E-state index in [2.05, 4.69) is 0 Å². The first kappa shape index (κ1) is 14.6. The van der Waals surface area contributed by atoms with E-state index < -0.39 is 10.7 Å². The fraction of sp³-hybridized carbons (Fsp3) is 0.500. The molecule has 1 N–H and O–H groups in total. The van der Waals surface area contributed by atoms with Gasteiger partial charge in [0.05, 0.1) is 18.6 Å². The second-order valence-corrected chi connectivity index (χ2v) is 6.03. The Hall–Kier alpha value is -1.43. The molecule has 0 atom stereocenters. The molecular formula is C12H17NO4S. The number of hydrogen-bond donors (Lipinski definition) is 1. The molecule has 0 fully saturated rings. The largest absolute Gasteiger partial charge is 0.480 e. The summed E-state index contributed by atoms with van der Waals surface area (Å²) in [4.78, 5) is 24.2. The number of rotatable bonds is 6. The van der Waals surface area contributed by atoms with Crippen LogP contribution in [-0.2, 0) is 16.1 Å². The number of carbonyl (C=O) groups is 2. The molecule has 1 aromatic heterocycles. The molecule has 1 heterocycles. The zero-order chi connectivity index (χ0) is 13.8. The molecule has 0 saturated carbocycles. The molecule has 100 valence electrons. The Morgan fingerprint density at radius 3 is 2.67 bits per heavy atom. The third-order valence-electron chi connectivity index (χ3n) is 2.47. The van der Waals surface area contributed by atoms with Crippen molar-refractivity contribution in [1.29, 1.82) is 0 Å². The maximum atomic E-state index is 11.8. The van der Waals surface area contributed by atoms with E-state index in [9.17, 15) is 9.59 Å². The maximum Gasteiger partial charge on any atom is 0.319 e. The van der Waals surface area contributed by atoms with Crippen LogP contribution < -0.4 is 0 Å². The van der Waals surface area contributed by atoms with Gasteiger partial charge in [-0.05, 0) is 26.0 Å². The van der Waals surface area contributed by atoms with Crippen molar-refractivity contribution in [3.63, 3.8) is 0 Å². The SMILES string of the molecule is CN(Cc1ccco1)C(=O)CSC(C)(C)C(=O)O. The molecule has 0 unspecified atom stereocenters. The van der Waals surface area contributed by atoms with E-state index in [1.165, 1.54) is 4.90 Å². The average Bonchev–Trinajstić information content (AvgIpc) is 2.78. The summed E-state index contributed by atoms with van der Waals surface area (Å²) in [6.07, 6.45) is 1.55. The van der Waals surface area contributed by atoms with Crippen LogP contribution in [0.2, 0.25) is 0 Å². The molecule has 0 radical (unpaired) electrons. The maximum absolute atomic E-state index is 11.8. The van der Waals surface area contributed by atoms with Crippen molar-refractivity contribution in [1.82, 2.24) is 4.90 Å². The highest BCUT2D eigenvalue weighted by Crippen LogP contribution is 2.24. The number of aliphatic carboxylic acids is 1. The van der Waals surface area contributed by atoms with E-state index >= 15 is 0 Å². The first-order valence-electron chi connectivity index (χ1n) is 5.46. The van der Waals surface area contributed by atoms with Gasteiger partial charge in [-0.25, -0.2) is 0 Å². The van der Waals surface area contributed by atoms with E-state index in [4.69, 9.17) is 9.52 Å². The van der Waals surface area contributed by atoms with Gasteiger partial charge in [0.1, 0.15) is 10.5 Å². The molecule has 5 nitrogen and oxygen atoms in total. The standard InChI is InChI=1S/C12H17NO4S/c1-12(2,11(15)16)18-8-10(14)13(3)7-9-5-4-6-17-9/h4-6H,7-8H2,1-3H3,(H,15,16). The number of carboxylic acid groups (broad SMARTS) is 1. The lowest BCUT2D eigenvalue weighted by atomic mass is 10.2. The predicted molar refractivity (Wildman–Crippen MR) is 69.4 cm³/mol. The van der Waals surface area contributed by atoms with Gasteiger partial charge in [-0.1, -0.05) is 0 Å². The lowest BCUT2D eigenvalue weighted by molar-refractivity contribution is -0.138. The van der Waals surface area contributed by atoms with E-state index in [1.807, 2.05) is 0 Å². The minimum Gasteiger partial charge on any atom is -0.480 e. The summed E-state index contributed by atoms with van der Waals surface area (Å²) in [5, 5.41) is 8.94. The zero-order valence-corrected chi connectivity index (χ0v) is 11.5. The molecule has 1 aromatic rings. The van der Waals surface area contributed by atoms with Crippen molar-refractivity contribution in [2.75, 3.05) is 12.8 Å². The minimum absolute atomic E-state index is 0.120. The number of hydrogen-bond acceptors (Lipinski definition) is 4. The van der Waals surface area contributed by atoms with E-state index in [-0.39, 0.29) is 11.7 Å². The number of carboxylic acids is 1. The fourth-order valence-electron chi connectivity index (χ4n) is 1.14. The van der Waals surface area contributed by atoms with Crippen molar-refractivity contribution < 1.29 is 19.1 Å². The van der Waals surface area contributed by atoms with Crippen LogP contribution in [0, 0.1) is 0 Å². The van der Waals surface area contributed by atoms with E-state index in [0.717, 1.165) is 11.8 Å². The molecule has 1 amide bonds. The molecule has 0 aliphatic heterocycles. The normalized spacial score (nSPS) is 11.3. The highest BCUT2D eigenvalue weighted by Gasteiger charge is 2.29. The quantitative estimate of drug-likeness (QED) is 0.854. The van der Waals surface area contributed by atoms with E-state index in [0.29, 0.717) is 12.3 Å². The summed E-state index contributed by atoms with van der Waals surface area (Å²) in [5.74, 6) is -0.204. The molecule has 0 aromatic carbocycles. The molecule has 0 aliphatic rings. The Labute approximate surface area is 110 Å². The van der Waals surface area contributed by atoms with Crippen LogP contribution in [0.1, 0.15) is 19.6 Å². The van der Waals surface area contributed by atoms with Crippen LogP contribution >= 0.6 is 11.8 Å². The van der Waals surface area contributed by atoms with Crippen LogP contribution in [0.4, 0.5) is 0 Å². The smallest absolute Gasteiger partial charge is 0.319 e. The van der Waals surface area contributed by atoms with Gasteiger partial charge in [0.25, 0.3) is 0 Å². The Balaban J connectivity index is 2.43. The van der Waals surface area contributed by atoms with Gasteiger partial charge in [0.15, 0.2) is 0 Å². The summed E-state index contributed by atoms with van der Waals surface area (Å²) >= 11 is 1.11. The van der Waals surface area contributed by atoms with Gasteiger partial charge in [-0.15, -0.1) is 11.8 Å². The van der Waals surface area contributed by atoms with Gasteiger partial charge in [-0.2, -0.15) is 0 Å².